The van der Waals surface area contributed by atoms with Gasteiger partial charge in [0.2, 0.25) is 0 Å². The molecule has 0 bridgehead atoms. The van der Waals surface area contributed by atoms with E-state index in [2.05, 4.69) is 38.5 Å². The molecule has 1 amide bonds. The minimum Gasteiger partial charge on any atom is -0.509 e. The van der Waals surface area contributed by atoms with Crippen molar-refractivity contribution < 1.29 is 19.1 Å². The molecule has 2 aromatic carbocycles. The third-order valence-corrected chi connectivity index (χ3v) is 8.79. The lowest BCUT2D eigenvalue weighted by atomic mass is 9.88. The van der Waals surface area contributed by atoms with Crippen LogP contribution >= 0.6 is 61.1 Å². The lowest BCUT2D eigenvalue weighted by Gasteiger charge is -2.46. The van der Waals surface area contributed by atoms with Crippen LogP contribution in [0.25, 0.3) is 0 Å². The van der Waals surface area contributed by atoms with Crippen LogP contribution in [0.2, 0.25) is 0 Å². The average molecular weight is 725 g/mol. The van der Waals surface area contributed by atoms with Gasteiger partial charge in [-0.15, -0.1) is 0 Å². The van der Waals surface area contributed by atoms with Crippen molar-refractivity contribution in [2.24, 2.45) is 0 Å². The van der Waals surface area contributed by atoms with Crippen molar-refractivity contribution in [2.75, 3.05) is 6.54 Å². The molecule has 0 aliphatic carbocycles. The van der Waals surface area contributed by atoms with E-state index >= 15 is 0 Å². The van der Waals surface area contributed by atoms with E-state index in [0.29, 0.717) is 22.1 Å². The number of hydrogen-bond donors (Lipinski definition) is 1. The van der Waals surface area contributed by atoms with E-state index in [0.717, 1.165) is 20.0 Å². The van der Waals surface area contributed by atoms with Crippen molar-refractivity contribution in [2.45, 2.75) is 38.3 Å². The van der Waals surface area contributed by atoms with E-state index in [-0.39, 0.29) is 30.1 Å². The SMILES string of the molecule is C[C@]12CCCN1N(Cc1cccc(F)c1I)C(=O)C(C(=O)Cc1ccc(Br)cc1I)=C2O. The number of rotatable bonds is 5. The lowest BCUT2D eigenvalue weighted by Crippen LogP contribution is -2.60. The smallest absolute Gasteiger partial charge is 0.275 e. The molecule has 2 aromatic rings. The highest BCUT2D eigenvalue weighted by Crippen LogP contribution is 2.42. The minimum absolute atomic E-state index is 0.0120. The largest absolute Gasteiger partial charge is 0.509 e. The Hall–Kier alpha value is -1.05. The van der Waals surface area contributed by atoms with E-state index in [1.54, 1.807) is 12.1 Å². The maximum atomic E-state index is 14.1. The van der Waals surface area contributed by atoms with Gasteiger partial charge in [0.05, 0.1) is 15.7 Å². The number of Topliss-reactive ketones (excluding diaryl/α,β-unsaturated/α-hetero) is 1. The molecule has 1 N–H and O–H groups in total. The van der Waals surface area contributed by atoms with Gasteiger partial charge in [-0.25, -0.2) is 9.40 Å². The van der Waals surface area contributed by atoms with Crippen molar-refractivity contribution >= 4 is 72.8 Å². The number of aliphatic hydroxyl groups is 1. The molecule has 0 aromatic heterocycles. The van der Waals surface area contributed by atoms with Gasteiger partial charge in [0.15, 0.2) is 5.78 Å². The summed E-state index contributed by atoms with van der Waals surface area (Å²) in [6, 6.07) is 10.3. The molecule has 0 radical (unpaired) electrons. The summed E-state index contributed by atoms with van der Waals surface area (Å²) in [5, 5.41) is 14.4. The number of ketones is 1. The highest BCUT2D eigenvalue weighted by molar-refractivity contribution is 14.1. The Labute approximate surface area is 221 Å². The minimum atomic E-state index is -0.843. The molecule has 2 aliphatic heterocycles. The van der Waals surface area contributed by atoms with Crippen LogP contribution in [0.4, 0.5) is 4.39 Å². The van der Waals surface area contributed by atoms with E-state index in [9.17, 15) is 19.1 Å². The highest BCUT2D eigenvalue weighted by atomic mass is 127. The fourth-order valence-corrected chi connectivity index (χ4v) is 6.38. The van der Waals surface area contributed by atoms with Crippen LogP contribution in [0.5, 0.6) is 0 Å². The van der Waals surface area contributed by atoms with E-state index in [1.807, 2.05) is 52.7 Å². The number of aliphatic hydroxyl groups excluding tert-OH is 1. The van der Waals surface area contributed by atoms with Crippen molar-refractivity contribution in [1.29, 1.82) is 0 Å². The zero-order chi connectivity index (χ0) is 23.2. The molecular weight excluding hydrogens is 705 g/mol. The lowest BCUT2D eigenvalue weighted by molar-refractivity contribution is -0.160. The quantitative estimate of drug-likeness (QED) is 0.326. The molecule has 1 fully saturated rings. The van der Waals surface area contributed by atoms with Gasteiger partial charge >= 0.3 is 0 Å². The normalized spacial score (nSPS) is 21.3. The summed E-state index contributed by atoms with van der Waals surface area (Å²) < 4.78 is 16.4. The summed E-state index contributed by atoms with van der Waals surface area (Å²) in [6.45, 7) is 2.55. The maximum Gasteiger partial charge on any atom is 0.275 e. The molecule has 32 heavy (non-hydrogen) atoms. The fourth-order valence-electron chi connectivity index (χ4n) is 4.35. The van der Waals surface area contributed by atoms with Gasteiger partial charge in [-0.05, 0) is 94.3 Å². The summed E-state index contributed by atoms with van der Waals surface area (Å²) >= 11 is 7.50. The first-order chi connectivity index (χ1) is 15.1. The van der Waals surface area contributed by atoms with E-state index in [4.69, 9.17) is 0 Å². The van der Waals surface area contributed by atoms with Crippen molar-refractivity contribution in [3.63, 3.8) is 0 Å². The second kappa shape index (κ2) is 9.30. The van der Waals surface area contributed by atoms with Crippen molar-refractivity contribution in [3.05, 3.63) is 76.3 Å². The second-order valence-electron chi connectivity index (χ2n) is 8.14. The van der Waals surface area contributed by atoms with Gasteiger partial charge in [-0.1, -0.05) is 34.1 Å². The first-order valence-electron chi connectivity index (χ1n) is 10.1. The topological polar surface area (TPSA) is 60.9 Å². The average Bonchev–Trinajstić information content (AvgIpc) is 3.14. The molecular formula is C23H20BrFI2N2O3. The van der Waals surface area contributed by atoms with Gasteiger partial charge in [-0.2, -0.15) is 0 Å². The molecule has 1 atom stereocenters. The summed E-state index contributed by atoms with van der Waals surface area (Å²) in [5.74, 6) is -1.47. The number of carbonyl (C=O) groups is 2. The van der Waals surface area contributed by atoms with Crippen LogP contribution in [-0.2, 0) is 22.6 Å². The molecule has 9 heteroatoms. The molecule has 2 heterocycles. The number of carbonyl (C=O) groups excluding carboxylic acids is 2. The van der Waals surface area contributed by atoms with Gasteiger partial charge in [0.25, 0.3) is 5.91 Å². The molecule has 168 valence electrons. The number of fused-ring (bicyclic) bond motifs is 1. The van der Waals surface area contributed by atoms with Crippen molar-refractivity contribution in [1.82, 2.24) is 10.0 Å². The van der Waals surface area contributed by atoms with Gasteiger partial charge < -0.3 is 5.11 Å². The fraction of sp³-hybridized carbons (Fsp3) is 0.304. The molecule has 0 spiro atoms. The number of hydrogen-bond acceptors (Lipinski definition) is 4. The zero-order valence-corrected chi connectivity index (χ0v) is 23.1. The van der Waals surface area contributed by atoms with Crippen LogP contribution < -0.4 is 0 Å². The van der Waals surface area contributed by atoms with Crippen LogP contribution in [0.1, 0.15) is 30.9 Å². The third kappa shape index (κ3) is 4.25. The van der Waals surface area contributed by atoms with Crippen LogP contribution in [-0.4, -0.2) is 38.9 Å². The predicted molar refractivity (Wildman–Crippen MR) is 139 cm³/mol. The summed E-state index contributed by atoms with van der Waals surface area (Å²) in [5.41, 5.74) is 0.432. The summed E-state index contributed by atoms with van der Waals surface area (Å²) in [4.78, 5) is 26.8. The molecule has 4 rings (SSSR count). The molecule has 1 saturated heterocycles. The first kappa shape index (κ1) is 24.1. The molecule has 5 nitrogen and oxygen atoms in total. The number of nitrogens with zero attached hydrogens (tertiary/aromatic N) is 2. The van der Waals surface area contributed by atoms with E-state index < -0.39 is 17.2 Å². The predicted octanol–water partition coefficient (Wildman–Crippen LogP) is 5.53. The monoisotopic (exact) mass is 724 g/mol. The Balaban J connectivity index is 1.72. The number of benzene rings is 2. The Morgan fingerprint density at radius 3 is 2.72 bits per heavy atom. The molecule has 0 unspecified atom stereocenters. The van der Waals surface area contributed by atoms with Crippen LogP contribution in [0, 0.1) is 13.0 Å². The Kier molecular flexibility index (Phi) is 7.00. The Bertz CT molecular complexity index is 1160. The maximum absolute atomic E-state index is 14.1. The Morgan fingerprint density at radius 2 is 2.00 bits per heavy atom. The van der Waals surface area contributed by atoms with Gasteiger partial charge in [0, 0.05) is 21.0 Å². The zero-order valence-electron chi connectivity index (χ0n) is 17.2. The first-order valence-corrected chi connectivity index (χ1v) is 13.0. The highest BCUT2D eigenvalue weighted by Gasteiger charge is 2.52. The number of amides is 1. The van der Waals surface area contributed by atoms with E-state index in [1.165, 1.54) is 11.1 Å². The Morgan fingerprint density at radius 1 is 1.25 bits per heavy atom. The summed E-state index contributed by atoms with van der Waals surface area (Å²) in [7, 11) is 0. The number of halogens is 4. The van der Waals surface area contributed by atoms with Gasteiger partial charge in [0.1, 0.15) is 17.1 Å². The van der Waals surface area contributed by atoms with Crippen LogP contribution in [0.3, 0.4) is 0 Å². The van der Waals surface area contributed by atoms with Crippen LogP contribution in [0.15, 0.2) is 52.2 Å². The second-order valence-corrected chi connectivity index (χ2v) is 11.3. The number of hydrazine groups is 1. The van der Waals surface area contributed by atoms with Gasteiger partial charge in [-0.3, -0.25) is 14.6 Å². The van der Waals surface area contributed by atoms with Crippen molar-refractivity contribution in [3.8, 4) is 0 Å². The molecule has 0 saturated carbocycles. The third-order valence-electron chi connectivity index (χ3n) is 6.09. The molecule has 2 aliphatic rings. The standard InChI is InChI=1S/C23H20BrFI2N2O3/c1-23-8-3-9-29(23)28(12-14-4-2-5-16(25)20(14)27)22(32)19(21(23)31)18(30)10-13-6-7-15(24)11-17(13)26/h2,4-7,11,31H,3,8-10,12H2,1H3/t23-/m1/s1. The summed E-state index contributed by atoms with van der Waals surface area (Å²) in [6.07, 6.45) is 1.41.